The van der Waals surface area contributed by atoms with Crippen LogP contribution in [0.1, 0.15) is 67.5 Å². The molecule has 2 aromatic rings. The van der Waals surface area contributed by atoms with Gasteiger partial charge in [0.05, 0.1) is 12.6 Å². The first kappa shape index (κ1) is 22.5. The molecule has 0 radical (unpaired) electrons. The van der Waals surface area contributed by atoms with Crippen molar-refractivity contribution in [3.05, 3.63) is 57.8 Å². The molecule has 1 aromatic heterocycles. The molecule has 2 heterocycles. The van der Waals surface area contributed by atoms with E-state index in [0.29, 0.717) is 12.8 Å². The fourth-order valence-electron chi connectivity index (χ4n) is 4.58. The summed E-state index contributed by atoms with van der Waals surface area (Å²) in [4.78, 5) is 39.0. The number of amides is 4. The van der Waals surface area contributed by atoms with E-state index in [0.717, 1.165) is 47.6 Å². The van der Waals surface area contributed by atoms with Crippen molar-refractivity contribution in [2.45, 2.75) is 63.5 Å². The van der Waals surface area contributed by atoms with Crippen LogP contribution in [-0.2, 0) is 16.0 Å². The SMILES string of the molecule is CCCc1ccc([C@H](NCC(=O)NN2C(=O)NC3(CCCCC3)C2=O)c2cccs2)cc1. The van der Waals surface area contributed by atoms with Crippen molar-refractivity contribution in [3.63, 3.8) is 0 Å². The number of nitrogens with one attached hydrogen (secondary N) is 3. The average molecular weight is 455 g/mol. The molecule has 8 heteroatoms. The number of thiophene rings is 1. The number of carbonyl (C=O) groups is 3. The van der Waals surface area contributed by atoms with Crippen LogP contribution in [0.5, 0.6) is 0 Å². The number of hydrogen-bond donors (Lipinski definition) is 3. The lowest BCUT2D eigenvalue weighted by molar-refractivity contribution is -0.139. The third kappa shape index (κ3) is 4.71. The molecule has 4 amide bonds. The number of aryl methyl sites for hydroxylation is 1. The highest BCUT2D eigenvalue weighted by Crippen LogP contribution is 2.33. The molecular weight excluding hydrogens is 424 g/mol. The zero-order valence-corrected chi connectivity index (χ0v) is 19.2. The molecule has 2 aliphatic rings. The Kier molecular flexibility index (Phi) is 6.91. The Morgan fingerprint density at radius 1 is 1.16 bits per heavy atom. The first-order valence-electron chi connectivity index (χ1n) is 11.3. The smallest absolute Gasteiger partial charge is 0.322 e. The molecule has 2 fully saturated rings. The minimum atomic E-state index is -0.851. The molecule has 0 unspecified atom stereocenters. The number of hydrazine groups is 1. The van der Waals surface area contributed by atoms with Gasteiger partial charge in [0.1, 0.15) is 5.54 Å². The first-order valence-corrected chi connectivity index (χ1v) is 12.2. The van der Waals surface area contributed by atoms with Gasteiger partial charge in [-0.2, -0.15) is 5.01 Å². The summed E-state index contributed by atoms with van der Waals surface area (Å²) >= 11 is 1.62. The van der Waals surface area contributed by atoms with E-state index in [1.165, 1.54) is 5.56 Å². The highest BCUT2D eigenvalue weighted by Gasteiger charge is 2.52. The number of rotatable bonds is 8. The van der Waals surface area contributed by atoms with Gasteiger partial charge >= 0.3 is 6.03 Å². The molecular formula is C24H30N4O3S. The summed E-state index contributed by atoms with van der Waals surface area (Å²) < 4.78 is 0. The summed E-state index contributed by atoms with van der Waals surface area (Å²) in [5.41, 5.74) is 4.00. The number of benzene rings is 1. The summed E-state index contributed by atoms with van der Waals surface area (Å²) in [6.07, 6.45) is 6.23. The van der Waals surface area contributed by atoms with Crippen LogP contribution in [0.15, 0.2) is 41.8 Å². The van der Waals surface area contributed by atoms with Gasteiger partial charge in [0, 0.05) is 4.88 Å². The highest BCUT2D eigenvalue weighted by molar-refractivity contribution is 7.10. The molecule has 4 rings (SSSR count). The molecule has 1 saturated carbocycles. The third-order valence-corrected chi connectivity index (χ3v) is 7.19. The molecule has 32 heavy (non-hydrogen) atoms. The quantitative estimate of drug-likeness (QED) is 0.531. The third-order valence-electron chi connectivity index (χ3n) is 6.25. The van der Waals surface area contributed by atoms with Crippen LogP contribution in [0.3, 0.4) is 0 Å². The summed E-state index contributed by atoms with van der Waals surface area (Å²) in [5.74, 6) is -0.776. The van der Waals surface area contributed by atoms with Gasteiger partial charge in [-0.15, -0.1) is 11.3 Å². The van der Waals surface area contributed by atoms with Crippen LogP contribution < -0.4 is 16.1 Å². The second kappa shape index (κ2) is 9.83. The van der Waals surface area contributed by atoms with Crippen molar-refractivity contribution in [2.24, 2.45) is 0 Å². The van der Waals surface area contributed by atoms with E-state index in [9.17, 15) is 14.4 Å². The Labute approximate surface area is 192 Å². The molecule has 170 valence electrons. The standard InChI is InChI=1S/C24H30N4O3S/c1-2-7-17-9-11-18(12-10-17)21(19-8-6-15-32-19)25-16-20(29)27-28-22(30)24(26-23(28)31)13-4-3-5-14-24/h6,8-12,15,21,25H,2-5,7,13-14,16H2,1H3,(H,26,31)(H,27,29)/t21-/m0/s1. The van der Waals surface area contributed by atoms with Crippen LogP contribution in [0.4, 0.5) is 4.79 Å². The molecule has 3 N–H and O–H groups in total. The lowest BCUT2D eigenvalue weighted by atomic mass is 9.82. The molecule has 1 atom stereocenters. The van der Waals surface area contributed by atoms with Gasteiger partial charge < -0.3 is 5.32 Å². The van der Waals surface area contributed by atoms with Crippen molar-refractivity contribution in [2.75, 3.05) is 6.54 Å². The summed E-state index contributed by atoms with van der Waals surface area (Å²) in [7, 11) is 0. The topological polar surface area (TPSA) is 90.5 Å². The minimum Gasteiger partial charge on any atom is -0.322 e. The van der Waals surface area contributed by atoms with Gasteiger partial charge in [0.2, 0.25) is 0 Å². The van der Waals surface area contributed by atoms with Gasteiger partial charge in [-0.3, -0.25) is 20.3 Å². The normalized spacial score (nSPS) is 18.6. The largest absolute Gasteiger partial charge is 0.344 e. The van der Waals surface area contributed by atoms with Gasteiger partial charge in [0.15, 0.2) is 0 Å². The fraction of sp³-hybridized carbons (Fsp3) is 0.458. The zero-order valence-electron chi connectivity index (χ0n) is 18.4. The second-order valence-corrected chi connectivity index (χ2v) is 9.55. The van der Waals surface area contributed by atoms with E-state index in [1.54, 1.807) is 11.3 Å². The summed E-state index contributed by atoms with van der Waals surface area (Å²) in [5, 5.41) is 8.96. The molecule has 7 nitrogen and oxygen atoms in total. The highest BCUT2D eigenvalue weighted by atomic mass is 32.1. The van der Waals surface area contributed by atoms with Crippen LogP contribution in [-0.4, -0.2) is 34.9 Å². The van der Waals surface area contributed by atoms with E-state index in [4.69, 9.17) is 0 Å². The van der Waals surface area contributed by atoms with Crippen LogP contribution in [0.25, 0.3) is 0 Å². The van der Waals surface area contributed by atoms with E-state index in [2.05, 4.69) is 47.2 Å². The number of carbonyl (C=O) groups excluding carboxylic acids is 3. The monoisotopic (exact) mass is 454 g/mol. The molecule has 1 aromatic carbocycles. The first-order chi connectivity index (χ1) is 15.5. The second-order valence-electron chi connectivity index (χ2n) is 8.57. The van der Waals surface area contributed by atoms with Crippen molar-refractivity contribution < 1.29 is 14.4 Å². The van der Waals surface area contributed by atoms with E-state index in [-0.39, 0.29) is 18.5 Å². The van der Waals surface area contributed by atoms with Crippen LogP contribution in [0.2, 0.25) is 0 Å². The Hall–Kier alpha value is -2.71. The molecule has 1 aliphatic heterocycles. The van der Waals surface area contributed by atoms with Gasteiger partial charge in [0.25, 0.3) is 11.8 Å². The van der Waals surface area contributed by atoms with Crippen LogP contribution in [0, 0.1) is 0 Å². The number of nitrogens with zero attached hydrogens (tertiary/aromatic N) is 1. The Morgan fingerprint density at radius 2 is 1.91 bits per heavy atom. The van der Waals surface area contributed by atoms with Crippen molar-refractivity contribution in [1.29, 1.82) is 0 Å². The van der Waals surface area contributed by atoms with Gasteiger partial charge in [-0.1, -0.05) is 62.9 Å². The lowest BCUT2D eigenvalue weighted by Crippen LogP contribution is -2.52. The molecule has 1 spiro atoms. The fourth-order valence-corrected chi connectivity index (χ4v) is 5.41. The van der Waals surface area contributed by atoms with Crippen molar-refractivity contribution in [3.8, 4) is 0 Å². The molecule has 0 bridgehead atoms. The predicted molar refractivity (Wildman–Crippen MR) is 124 cm³/mol. The summed E-state index contributed by atoms with van der Waals surface area (Å²) in [6, 6.07) is 11.7. The Morgan fingerprint density at radius 3 is 2.56 bits per heavy atom. The molecule has 1 aliphatic carbocycles. The Balaban J connectivity index is 1.40. The Bertz CT molecular complexity index is 952. The van der Waals surface area contributed by atoms with Crippen molar-refractivity contribution >= 4 is 29.2 Å². The lowest BCUT2D eigenvalue weighted by Gasteiger charge is -2.30. The van der Waals surface area contributed by atoms with Gasteiger partial charge in [-0.05, 0) is 41.8 Å². The van der Waals surface area contributed by atoms with Gasteiger partial charge in [-0.25, -0.2) is 4.79 Å². The predicted octanol–water partition coefficient (Wildman–Crippen LogP) is 3.67. The zero-order chi connectivity index (χ0) is 22.6. The number of imide groups is 1. The van der Waals surface area contributed by atoms with E-state index < -0.39 is 17.5 Å². The minimum absolute atomic E-state index is 0.0245. The number of hydrogen-bond acceptors (Lipinski definition) is 5. The maximum atomic E-state index is 12.9. The summed E-state index contributed by atoms with van der Waals surface area (Å²) in [6.45, 7) is 2.13. The van der Waals surface area contributed by atoms with E-state index >= 15 is 0 Å². The number of urea groups is 1. The van der Waals surface area contributed by atoms with Crippen molar-refractivity contribution in [1.82, 2.24) is 21.1 Å². The average Bonchev–Trinajstić information content (AvgIpc) is 3.40. The maximum absolute atomic E-state index is 12.9. The van der Waals surface area contributed by atoms with Crippen LogP contribution >= 0.6 is 11.3 Å². The molecule has 1 saturated heterocycles. The maximum Gasteiger partial charge on any atom is 0.344 e. The van der Waals surface area contributed by atoms with E-state index in [1.807, 2.05) is 17.5 Å².